The van der Waals surface area contributed by atoms with Crippen molar-refractivity contribution >= 4 is 41.2 Å². The number of hydrogen-bond donors (Lipinski definition) is 4. The van der Waals surface area contributed by atoms with E-state index in [1.807, 2.05) is 48.7 Å². The van der Waals surface area contributed by atoms with Gasteiger partial charge in [0.1, 0.15) is 11.5 Å². The normalized spacial score (nSPS) is 13.2. The van der Waals surface area contributed by atoms with E-state index in [2.05, 4.69) is 55.6 Å². The summed E-state index contributed by atoms with van der Waals surface area (Å²) in [7, 11) is 3.37. The van der Waals surface area contributed by atoms with Crippen LogP contribution in [0.5, 0.6) is 11.5 Å². The van der Waals surface area contributed by atoms with Crippen molar-refractivity contribution in [2.24, 2.45) is 10.4 Å². The molecule has 0 unspecified atom stereocenters. The van der Waals surface area contributed by atoms with Crippen molar-refractivity contribution in [2.75, 3.05) is 26.5 Å². The predicted molar refractivity (Wildman–Crippen MR) is 188 cm³/mol. The number of thiocarbonyl (C=S) groups is 1. The molecule has 2 aromatic rings. The molecular weight excluding hydrogens is 577 g/mol. The molecule has 240 valence electrons. The number of thioether (sulfide) groups is 1. The number of nitrogens with zero attached hydrogens (tertiary/aromatic N) is 1. The molecule has 2 aromatic carbocycles. The predicted octanol–water partition coefficient (Wildman–Crippen LogP) is 7.49. The van der Waals surface area contributed by atoms with Crippen LogP contribution in [0.3, 0.4) is 0 Å². The Hall–Kier alpha value is -2.78. The highest BCUT2D eigenvalue weighted by molar-refractivity contribution is 7.99. The Labute approximate surface area is 270 Å². The van der Waals surface area contributed by atoms with Gasteiger partial charge in [0.15, 0.2) is 5.11 Å². The molecule has 4 N–H and O–H groups in total. The quantitative estimate of drug-likeness (QED) is 0.0884. The van der Waals surface area contributed by atoms with Crippen LogP contribution in [-0.2, 0) is 11.3 Å². The number of aromatic hydroxyl groups is 1. The lowest BCUT2D eigenvalue weighted by atomic mass is 9.96. The zero-order valence-corrected chi connectivity index (χ0v) is 28.9. The van der Waals surface area contributed by atoms with Gasteiger partial charge in [0, 0.05) is 31.4 Å². The standard InChI is InChI=1S/C18H27NO2S.C11H15N3OS.C5H12/c1-3-4-10-22-17-12-16(21-2)11-14(18(17)20)13-19-15-8-6-5-7-9-15;1-12-11(16)14-8-10(15)13-7-9-5-3-2-4-6-9;1-5(2,3)4/h11-13,15,20H,3-10H2,1-2H3;2-6H,7-8H2,1H3,(H,13,15)(H2,12,14,16);1-4H3. The van der Waals surface area contributed by atoms with Crippen LogP contribution in [0.1, 0.15) is 90.7 Å². The molecule has 7 nitrogen and oxygen atoms in total. The number of methoxy groups -OCH3 is 1. The first-order chi connectivity index (χ1) is 20.5. The van der Waals surface area contributed by atoms with E-state index >= 15 is 0 Å². The van der Waals surface area contributed by atoms with Crippen LogP contribution in [0.2, 0.25) is 0 Å². The summed E-state index contributed by atoms with van der Waals surface area (Å²) in [4.78, 5) is 16.9. The number of benzene rings is 2. The fourth-order valence-electron chi connectivity index (χ4n) is 3.78. The van der Waals surface area contributed by atoms with Crippen LogP contribution in [0.4, 0.5) is 0 Å². The topological polar surface area (TPSA) is 95.0 Å². The number of phenolic OH excluding ortho intramolecular Hbond substituents is 1. The van der Waals surface area contributed by atoms with Gasteiger partial charge in [-0.15, -0.1) is 11.8 Å². The van der Waals surface area contributed by atoms with E-state index in [9.17, 15) is 9.90 Å². The summed E-state index contributed by atoms with van der Waals surface area (Å²) in [5, 5.41) is 19.2. The van der Waals surface area contributed by atoms with Gasteiger partial charge < -0.3 is 25.8 Å². The van der Waals surface area contributed by atoms with E-state index in [0.29, 0.717) is 28.9 Å². The third kappa shape index (κ3) is 19.2. The van der Waals surface area contributed by atoms with Gasteiger partial charge in [0.2, 0.25) is 5.91 Å². The monoisotopic (exact) mass is 630 g/mol. The summed E-state index contributed by atoms with van der Waals surface area (Å²) in [6.07, 6.45) is 10.3. The highest BCUT2D eigenvalue weighted by Gasteiger charge is 2.13. The molecule has 1 amide bonds. The third-order valence-electron chi connectivity index (χ3n) is 6.04. The van der Waals surface area contributed by atoms with E-state index in [-0.39, 0.29) is 12.5 Å². The average molecular weight is 631 g/mol. The number of carbonyl (C=O) groups excluding carboxylic acids is 1. The minimum absolute atomic E-state index is 0.0820. The van der Waals surface area contributed by atoms with E-state index < -0.39 is 0 Å². The molecule has 0 spiro atoms. The Morgan fingerprint density at radius 1 is 1.12 bits per heavy atom. The lowest BCUT2D eigenvalue weighted by molar-refractivity contribution is -0.120. The van der Waals surface area contributed by atoms with E-state index in [4.69, 9.17) is 17.0 Å². The molecule has 43 heavy (non-hydrogen) atoms. The molecule has 1 aliphatic rings. The van der Waals surface area contributed by atoms with Crippen LogP contribution in [0.15, 0.2) is 52.4 Å². The Morgan fingerprint density at radius 3 is 2.35 bits per heavy atom. The van der Waals surface area contributed by atoms with Gasteiger partial charge >= 0.3 is 0 Å². The van der Waals surface area contributed by atoms with Crippen molar-refractivity contribution in [1.29, 1.82) is 0 Å². The molecule has 0 bridgehead atoms. The number of unbranched alkanes of at least 4 members (excludes halogenated alkanes) is 1. The Bertz CT molecular complexity index is 1090. The molecular formula is C34H54N4O3S2. The van der Waals surface area contributed by atoms with Gasteiger partial charge in [-0.05, 0) is 60.3 Å². The smallest absolute Gasteiger partial charge is 0.239 e. The van der Waals surface area contributed by atoms with Gasteiger partial charge in [-0.1, -0.05) is 90.6 Å². The minimum Gasteiger partial charge on any atom is -0.506 e. The van der Waals surface area contributed by atoms with Crippen LogP contribution in [0, 0.1) is 5.41 Å². The second-order valence-electron chi connectivity index (χ2n) is 12.0. The number of carbonyl (C=O) groups is 1. The largest absolute Gasteiger partial charge is 0.506 e. The van der Waals surface area contributed by atoms with Crippen molar-refractivity contribution in [3.8, 4) is 11.5 Å². The molecule has 0 aromatic heterocycles. The molecule has 1 saturated carbocycles. The van der Waals surface area contributed by atoms with Crippen molar-refractivity contribution in [1.82, 2.24) is 16.0 Å². The molecule has 0 aliphatic heterocycles. The summed E-state index contributed by atoms with van der Waals surface area (Å²) in [6.45, 7) is 11.6. The first-order valence-electron chi connectivity index (χ1n) is 15.3. The first-order valence-corrected chi connectivity index (χ1v) is 16.7. The Balaban J connectivity index is 0.000000386. The number of aliphatic imine (C=N–C) groups is 1. The molecule has 9 heteroatoms. The maximum atomic E-state index is 11.4. The number of amides is 1. The molecule has 1 aliphatic carbocycles. The molecule has 0 atom stereocenters. The first kappa shape index (κ1) is 38.2. The van der Waals surface area contributed by atoms with Gasteiger partial charge in [-0.3, -0.25) is 9.79 Å². The second kappa shape index (κ2) is 21.8. The number of ether oxygens (including phenoxy) is 1. The summed E-state index contributed by atoms with van der Waals surface area (Å²) in [5.74, 6) is 2.04. The zero-order chi connectivity index (χ0) is 32.1. The van der Waals surface area contributed by atoms with Gasteiger partial charge in [-0.25, -0.2) is 0 Å². The van der Waals surface area contributed by atoms with Crippen molar-refractivity contribution < 1.29 is 14.6 Å². The van der Waals surface area contributed by atoms with Crippen molar-refractivity contribution in [3.05, 3.63) is 53.6 Å². The Kier molecular flexibility index (Phi) is 19.4. The van der Waals surface area contributed by atoms with Crippen LogP contribution in [0.25, 0.3) is 0 Å². The maximum absolute atomic E-state index is 11.4. The summed E-state index contributed by atoms with van der Waals surface area (Å²) >= 11 is 6.53. The van der Waals surface area contributed by atoms with Crippen molar-refractivity contribution in [2.45, 2.75) is 97.0 Å². The van der Waals surface area contributed by atoms with Gasteiger partial charge in [-0.2, -0.15) is 0 Å². The number of hydrogen-bond acceptors (Lipinski definition) is 6. The van der Waals surface area contributed by atoms with Crippen LogP contribution < -0.4 is 20.7 Å². The highest BCUT2D eigenvalue weighted by Crippen LogP contribution is 2.35. The van der Waals surface area contributed by atoms with Gasteiger partial charge in [0.25, 0.3) is 0 Å². The fraction of sp³-hybridized carbons (Fsp3) is 0.559. The van der Waals surface area contributed by atoms with E-state index in [0.717, 1.165) is 40.4 Å². The van der Waals surface area contributed by atoms with E-state index in [1.54, 1.807) is 25.9 Å². The third-order valence-corrected chi connectivity index (χ3v) is 7.50. The number of nitrogens with one attached hydrogen (secondary N) is 3. The molecule has 0 radical (unpaired) electrons. The molecule has 3 rings (SSSR count). The average Bonchev–Trinajstić information content (AvgIpc) is 2.99. The number of rotatable bonds is 11. The lowest BCUT2D eigenvalue weighted by Crippen LogP contribution is -2.40. The van der Waals surface area contributed by atoms with E-state index in [1.165, 1.54) is 32.1 Å². The lowest BCUT2D eigenvalue weighted by Gasteiger charge is -2.17. The molecule has 1 fully saturated rings. The van der Waals surface area contributed by atoms with Crippen LogP contribution in [-0.4, -0.2) is 54.8 Å². The molecule has 0 saturated heterocycles. The second-order valence-corrected chi connectivity index (χ2v) is 13.6. The molecule has 0 heterocycles. The highest BCUT2D eigenvalue weighted by atomic mass is 32.2. The zero-order valence-electron chi connectivity index (χ0n) is 27.3. The van der Waals surface area contributed by atoms with Gasteiger partial charge in [0.05, 0.1) is 18.6 Å². The summed E-state index contributed by atoms with van der Waals surface area (Å²) in [5.41, 5.74) is 2.34. The summed E-state index contributed by atoms with van der Waals surface area (Å²) in [6, 6.07) is 13.9. The number of phenols is 1. The minimum atomic E-state index is -0.0820. The maximum Gasteiger partial charge on any atom is 0.239 e. The SMILES string of the molecule is CC(C)(C)C.CCCCSc1cc(OC)cc(C=NC2CCCCC2)c1O.CNC(=S)NCC(=O)NCc1ccccc1. The van der Waals surface area contributed by atoms with Crippen molar-refractivity contribution in [3.63, 3.8) is 0 Å². The Morgan fingerprint density at radius 2 is 1.77 bits per heavy atom. The van der Waals surface area contributed by atoms with Crippen LogP contribution >= 0.6 is 24.0 Å². The fourth-order valence-corrected chi connectivity index (χ4v) is 4.96. The summed E-state index contributed by atoms with van der Waals surface area (Å²) < 4.78 is 5.36.